The number of hydrogen-bond acceptors (Lipinski definition) is 2. The molecule has 100 valence electrons. The van der Waals surface area contributed by atoms with Crippen LogP contribution in [0.2, 0.25) is 0 Å². The molecule has 0 saturated heterocycles. The molecule has 0 radical (unpaired) electrons. The molecule has 1 aliphatic carbocycles. The summed E-state index contributed by atoms with van der Waals surface area (Å²) in [7, 11) is 4.16. The van der Waals surface area contributed by atoms with Crippen LogP contribution in [0.15, 0.2) is 28.7 Å². The molecule has 1 unspecified atom stereocenters. The molecule has 0 spiro atoms. The molecule has 0 heterocycles. The number of halogens is 1. The fourth-order valence-corrected chi connectivity index (χ4v) is 3.53. The summed E-state index contributed by atoms with van der Waals surface area (Å²) in [6.45, 7) is 0. The highest BCUT2D eigenvalue weighted by Crippen LogP contribution is 2.35. The highest BCUT2D eigenvalue weighted by atomic mass is 79.9. The molecule has 1 saturated carbocycles. The van der Waals surface area contributed by atoms with Crippen molar-refractivity contribution in [2.75, 3.05) is 14.1 Å². The number of nitrogens with one attached hydrogen (secondary N) is 2. The predicted molar refractivity (Wildman–Crippen MR) is 80.7 cm³/mol. The first kappa shape index (κ1) is 14.0. The lowest BCUT2D eigenvalue weighted by Crippen LogP contribution is -2.34. The Morgan fingerprint density at radius 2 is 1.89 bits per heavy atom. The Morgan fingerprint density at radius 1 is 1.17 bits per heavy atom. The Kier molecular flexibility index (Phi) is 5.22. The van der Waals surface area contributed by atoms with E-state index in [1.165, 1.54) is 35.7 Å². The summed E-state index contributed by atoms with van der Waals surface area (Å²) in [6.07, 6.45) is 5.22. The van der Waals surface area contributed by atoms with E-state index in [2.05, 4.69) is 64.9 Å². The zero-order valence-electron chi connectivity index (χ0n) is 11.2. The molecule has 1 aromatic carbocycles. The molecular formula is C15H23BrN2. The quantitative estimate of drug-likeness (QED) is 0.889. The normalized spacial score (nSPS) is 25.9. The lowest BCUT2D eigenvalue weighted by Gasteiger charge is -2.34. The summed E-state index contributed by atoms with van der Waals surface area (Å²) in [4.78, 5) is 0. The molecular weight excluding hydrogens is 288 g/mol. The highest BCUT2D eigenvalue weighted by molar-refractivity contribution is 9.10. The zero-order chi connectivity index (χ0) is 13.0. The van der Waals surface area contributed by atoms with Gasteiger partial charge in [-0.05, 0) is 63.4 Å². The van der Waals surface area contributed by atoms with E-state index in [9.17, 15) is 0 Å². The maximum Gasteiger partial charge on any atom is 0.0346 e. The van der Waals surface area contributed by atoms with E-state index < -0.39 is 0 Å². The average Bonchev–Trinajstić information content (AvgIpc) is 2.40. The standard InChI is InChI=1S/C15H23BrN2/c1-17-14-8-6-11(7-9-14)15(18-2)12-4-3-5-13(16)10-12/h3-5,10-11,14-15,17-18H,6-9H2,1-2H3. The first-order chi connectivity index (χ1) is 8.74. The second kappa shape index (κ2) is 6.69. The van der Waals surface area contributed by atoms with Crippen LogP contribution in [-0.2, 0) is 0 Å². The number of hydrogen-bond donors (Lipinski definition) is 2. The van der Waals surface area contributed by atoms with Crippen LogP contribution in [0.4, 0.5) is 0 Å². The Bertz CT molecular complexity index is 373. The summed E-state index contributed by atoms with van der Waals surface area (Å²) >= 11 is 3.57. The number of rotatable bonds is 4. The van der Waals surface area contributed by atoms with Gasteiger partial charge in [-0.25, -0.2) is 0 Å². The van der Waals surface area contributed by atoms with E-state index in [-0.39, 0.29) is 0 Å². The summed E-state index contributed by atoms with van der Waals surface area (Å²) in [5.74, 6) is 0.758. The Balaban J connectivity index is 2.05. The Hall–Kier alpha value is -0.380. The minimum atomic E-state index is 0.486. The molecule has 2 rings (SSSR count). The van der Waals surface area contributed by atoms with Gasteiger partial charge in [0.2, 0.25) is 0 Å². The molecule has 0 amide bonds. The van der Waals surface area contributed by atoms with Crippen molar-refractivity contribution in [3.05, 3.63) is 34.3 Å². The fourth-order valence-electron chi connectivity index (χ4n) is 3.12. The Labute approximate surface area is 119 Å². The maximum absolute atomic E-state index is 3.57. The van der Waals surface area contributed by atoms with Crippen LogP contribution in [0.25, 0.3) is 0 Å². The molecule has 1 fully saturated rings. The van der Waals surface area contributed by atoms with Crippen molar-refractivity contribution in [1.82, 2.24) is 10.6 Å². The molecule has 2 nitrogen and oxygen atoms in total. The summed E-state index contributed by atoms with van der Waals surface area (Å²) in [6, 6.07) is 9.90. The van der Waals surface area contributed by atoms with Gasteiger partial charge in [0.15, 0.2) is 0 Å². The highest BCUT2D eigenvalue weighted by Gasteiger charge is 2.27. The molecule has 1 atom stereocenters. The van der Waals surface area contributed by atoms with Crippen LogP contribution in [0.5, 0.6) is 0 Å². The average molecular weight is 311 g/mol. The van der Waals surface area contributed by atoms with Crippen molar-refractivity contribution in [2.45, 2.75) is 37.8 Å². The first-order valence-corrected chi connectivity index (χ1v) is 7.64. The molecule has 0 aromatic heterocycles. The van der Waals surface area contributed by atoms with Crippen molar-refractivity contribution in [1.29, 1.82) is 0 Å². The summed E-state index contributed by atoms with van der Waals surface area (Å²) in [5.41, 5.74) is 1.40. The van der Waals surface area contributed by atoms with E-state index in [1.807, 2.05) is 0 Å². The minimum absolute atomic E-state index is 0.486. The molecule has 2 N–H and O–H groups in total. The van der Waals surface area contributed by atoms with Crippen LogP contribution < -0.4 is 10.6 Å². The van der Waals surface area contributed by atoms with Crippen LogP contribution in [0, 0.1) is 5.92 Å². The van der Waals surface area contributed by atoms with Crippen LogP contribution in [0.1, 0.15) is 37.3 Å². The van der Waals surface area contributed by atoms with Gasteiger partial charge in [0.25, 0.3) is 0 Å². The third-order valence-electron chi connectivity index (χ3n) is 4.17. The van der Waals surface area contributed by atoms with E-state index in [0.29, 0.717) is 6.04 Å². The molecule has 1 aliphatic rings. The van der Waals surface area contributed by atoms with Gasteiger partial charge in [-0.15, -0.1) is 0 Å². The van der Waals surface area contributed by atoms with Gasteiger partial charge >= 0.3 is 0 Å². The molecule has 18 heavy (non-hydrogen) atoms. The Morgan fingerprint density at radius 3 is 2.44 bits per heavy atom. The lowest BCUT2D eigenvalue weighted by molar-refractivity contribution is 0.248. The predicted octanol–water partition coefficient (Wildman–Crippen LogP) is 3.49. The largest absolute Gasteiger partial charge is 0.317 e. The minimum Gasteiger partial charge on any atom is -0.317 e. The van der Waals surface area contributed by atoms with E-state index in [1.54, 1.807) is 0 Å². The van der Waals surface area contributed by atoms with Gasteiger partial charge < -0.3 is 10.6 Å². The molecule has 0 bridgehead atoms. The molecule has 0 aliphatic heterocycles. The van der Waals surface area contributed by atoms with Crippen molar-refractivity contribution in [3.8, 4) is 0 Å². The maximum atomic E-state index is 3.57. The molecule has 1 aromatic rings. The second-order valence-corrected chi connectivity index (χ2v) is 6.14. The van der Waals surface area contributed by atoms with Crippen LogP contribution >= 0.6 is 15.9 Å². The van der Waals surface area contributed by atoms with Gasteiger partial charge in [0.1, 0.15) is 0 Å². The van der Waals surface area contributed by atoms with Crippen molar-refractivity contribution < 1.29 is 0 Å². The van der Waals surface area contributed by atoms with Crippen molar-refractivity contribution in [3.63, 3.8) is 0 Å². The van der Waals surface area contributed by atoms with Gasteiger partial charge in [-0.1, -0.05) is 28.1 Å². The topological polar surface area (TPSA) is 24.1 Å². The van der Waals surface area contributed by atoms with E-state index in [4.69, 9.17) is 0 Å². The van der Waals surface area contributed by atoms with Crippen molar-refractivity contribution in [2.24, 2.45) is 5.92 Å². The second-order valence-electron chi connectivity index (χ2n) is 5.22. The van der Waals surface area contributed by atoms with Crippen LogP contribution in [-0.4, -0.2) is 20.1 Å². The monoisotopic (exact) mass is 310 g/mol. The third-order valence-corrected chi connectivity index (χ3v) is 4.66. The lowest BCUT2D eigenvalue weighted by atomic mass is 9.79. The smallest absolute Gasteiger partial charge is 0.0346 e. The molecule has 3 heteroatoms. The van der Waals surface area contributed by atoms with Gasteiger partial charge in [-0.2, -0.15) is 0 Å². The van der Waals surface area contributed by atoms with E-state index in [0.717, 1.165) is 12.0 Å². The SMILES string of the molecule is CNC1CCC(C(NC)c2cccc(Br)c2)CC1. The summed E-state index contributed by atoms with van der Waals surface area (Å²) in [5, 5.41) is 6.91. The summed E-state index contributed by atoms with van der Waals surface area (Å²) < 4.78 is 1.17. The van der Waals surface area contributed by atoms with Crippen LogP contribution in [0.3, 0.4) is 0 Å². The number of benzene rings is 1. The van der Waals surface area contributed by atoms with Gasteiger partial charge in [-0.3, -0.25) is 0 Å². The third kappa shape index (κ3) is 3.34. The van der Waals surface area contributed by atoms with Gasteiger partial charge in [0, 0.05) is 16.6 Å². The van der Waals surface area contributed by atoms with Crippen molar-refractivity contribution >= 4 is 15.9 Å². The van der Waals surface area contributed by atoms with E-state index >= 15 is 0 Å². The zero-order valence-corrected chi connectivity index (χ0v) is 12.8. The first-order valence-electron chi connectivity index (χ1n) is 6.84. The fraction of sp³-hybridized carbons (Fsp3) is 0.600. The van der Waals surface area contributed by atoms with Gasteiger partial charge in [0.05, 0.1) is 0 Å².